The molecule has 0 spiro atoms. The van der Waals surface area contributed by atoms with Gasteiger partial charge in [-0.3, -0.25) is 14.6 Å². The number of nitrogens with one attached hydrogen (secondary N) is 2. The van der Waals surface area contributed by atoms with Gasteiger partial charge in [-0.1, -0.05) is 6.07 Å². The predicted molar refractivity (Wildman–Crippen MR) is 149 cm³/mol. The monoisotopic (exact) mass is 672 g/mol. The molecule has 39 heavy (non-hydrogen) atoms. The van der Waals surface area contributed by atoms with Gasteiger partial charge in [0.1, 0.15) is 4.90 Å². The van der Waals surface area contributed by atoms with Crippen LogP contribution in [0.25, 0.3) is 0 Å². The van der Waals surface area contributed by atoms with Gasteiger partial charge in [-0.15, -0.1) is 0 Å². The summed E-state index contributed by atoms with van der Waals surface area (Å²) < 4.78 is 60.0. The first-order valence-corrected chi connectivity index (χ1v) is 14.6. The summed E-state index contributed by atoms with van der Waals surface area (Å²) in [7, 11) is -4.72. The van der Waals surface area contributed by atoms with Crippen LogP contribution in [0, 0.1) is 28.0 Å². The smallest absolute Gasteiger partial charge is 0.277 e. The summed E-state index contributed by atoms with van der Waals surface area (Å²) in [5, 5.41) is 12.3. The number of halogens is 3. The highest BCUT2D eigenvalue weighted by molar-refractivity contribution is 14.1. The molecule has 4 rings (SSSR count). The second kappa shape index (κ2) is 12.6. The van der Waals surface area contributed by atoms with Gasteiger partial charge >= 0.3 is 0 Å². The van der Waals surface area contributed by atoms with Crippen LogP contribution in [0.15, 0.2) is 53.7 Å². The Morgan fingerprint density at radius 1 is 1.23 bits per heavy atom. The number of nitrogens with zero attached hydrogens (tertiary/aromatic N) is 2. The van der Waals surface area contributed by atoms with Crippen LogP contribution < -0.4 is 10.8 Å². The van der Waals surface area contributed by atoms with E-state index < -0.39 is 56.9 Å². The first-order valence-electron chi connectivity index (χ1n) is 12.1. The van der Waals surface area contributed by atoms with Crippen LogP contribution in [0.5, 0.6) is 0 Å². The van der Waals surface area contributed by atoms with Crippen LogP contribution in [0.4, 0.5) is 20.2 Å². The molecule has 1 saturated carbocycles. The van der Waals surface area contributed by atoms with Crippen LogP contribution in [0.2, 0.25) is 0 Å². The number of aromatic nitrogens is 1. The first kappa shape index (κ1) is 29.3. The molecule has 0 bridgehead atoms. The second-order valence-electron chi connectivity index (χ2n) is 9.12. The number of sulfonamides is 1. The quantitative estimate of drug-likeness (QED) is 0.194. The Morgan fingerprint density at radius 3 is 2.64 bits per heavy atom. The highest BCUT2D eigenvalue weighted by Crippen LogP contribution is 2.34. The maximum absolute atomic E-state index is 15.6. The van der Waals surface area contributed by atoms with Crippen molar-refractivity contribution in [3.05, 3.63) is 80.7 Å². The third kappa shape index (κ3) is 7.08. The molecule has 0 saturated heterocycles. The summed E-state index contributed by atoms with van der Waals surface area (Å²) >= 11 is 2.11. The van der Waals surface area contributed by atoms with Crippen molar-refractivity contribution in [1.82, 2.24) is 14.8 Å². The van der Waals surface area contributed by atoms with E-state index in [4.69, 9.17) is 4.84 Å². The number of hydrogen-bond donors (Lipinski definition) is 3. The maximum Gasteiger partial charge on any atom is 0.277 e. The van der Waals surface area contributed by atoms with Crippen LogP contribution in [-0.2, 0) is 21.4 Å². The summed E-state index contributed by atoms with van der Waals surface area (Å²) in [4.78, 5) is 21.2. The molecule has 1 aromatic heterocycles. The van der Waals surface area contributed by atoms with Crippen molar-refractivity contribution in [3.63, 3.8) is 0 Å². The SMILES string of the molecule is Cc1cc(I)ccc1Nc1c(C(=O)NOCC2CC2)cc(S(=O)(=O)N(CCO)Cc2cccnc2)c(F)c1F. The molecule has 0 unspecified atom stereocenters. The van der Waals surface area contributed by atoms with Gasteiger partial charge < -0.3 is 10.4 Å². The topological polar surface area (TPSA) is 121 Å². The van der Waals surface area contributed by atoms with Crippen LogP contribution in [0.1, 0.15) is 34.3 Å². The number of pyridine rings is 1. The van der Waals surface area contributed by atoms with Crippen LogP contribution >= 0.6 is 22.6 Å². The van der Waals surface area contributed by atoms with Crippen molar-refractivity contribution in [2.45, 2.75) is 31.2 Å². The van der Waals surface area contributed by atoms with Gasteiger partial charge in [0.2, 0.25) is 10.0 Å². The van der Waals surface area contributed by atoms with Crippen LogP contribution in [0.3, 0.4) is 0 Å². The molecule has 9 nitrogen and oxygen atoms in total. The molecular weight excluding hydrogens is 645 g/mol. The molecule has 1 fully saturated rings. The summed E-state index contributed by atoms with van der Waals surface area (Å²) in [6, 6.07) is 9.17. The number of amides is 1. The zero-order chi connectivity index (χ0) is 28.2. The number of hydrogen-bond acceptors (Lipinski definition) is 7. The van der Waals surface area contributed by atoms with E-state index in [9.17, 15) is 18.3 Å². The van der Waals surface area contributed by atoms with Crippen molar-refractivity contribution in [2.24, 2.45) is 5.92 Å². The molecular formula is C26H27F2IN4O5S. The minimum Gasteiger partial charge on any atom is -0.395 e. The number of benzene rings is 2. The first-order chi connectivity index (χ1) is 18.6. The second-order valence-corrected chi connectivity index (χ2v) is 12.3. The molecule has 0 aliphatic heterocycles. The molecule has 1 amide bonds. The molecule has 1 aliphatic rings. The van der Waals surface area contributed by atoms with Gasteiger partial charge in [0.05, 0.1) is 24.5 Å². The Hall–Kier alpha value is -2.72. The normalized spacial score (nSPS) is 13.5. The third-order valence-electron chi connectivity index (χ3n) is 6.10. The lowest BCUT2D eigenvalue weighted by atomic mass is 10.1. The lowest BCUT2D eigenvalue weighted by Gasteiger charge is -2.23. The number of aryl methyl sites for hydroxylation is 1. The van der Waals surface area contributed by atoms with E-state index in [0.717, 1.165) is 26.8 Å². The van der Waals surface area contributed by atoms with Gasteiger partial charge in [0, 0.05) is 34.7 Å². The molecule has 1 heterocycles. The standard InChI is InChI=1S/C26H27F2IN4O5S/c1-16-11-19(29)6-7-21(16)31-25-20(26(35)32-38-15-17-4-5-17)12-22(23(27)24(25)28)39(36,37)33(9-10-34)14-18-3-2-8-30-13-18/h2-3,6-8,11-13,17,31,34H,4-5,9-10,14-15H2,1H3,(H,32,35). The van der Waals surface area contributed by atoms with Crippen LogP contribution in [-0.4, -0.2) is 48.5 Å². The number of hydroxylamine groups is 1. The fourth-order valence-corrected chi connectivity index (χ4v) is 5.94. The van der Waals surface area contributed by atoms with Gasteiger partial charge in [-0.05, 0) is 89.7 Å². The lowest BCUT2D eigenvalue weighted by molar-refractivity contribution is 0.0270. The molecule has 1 aliphatic carbocycles. The number of anilines is 2. The number of carbonyl (C=O) groups excluding carboxylic acids is 1. The molecule has 208 valence electrons. The minimum atomic E-state index is -4.72. The van der Waals surface area contributed by atoms with Gasteiger partial charge in [0.15, 0.2) is 11.6 Å². The molecule has 0 radical (unpaired) electrons. The van der Waals surface area contributed by atoms with E-state index in [1.807, 2.05) is 0 Å². The Bertz CT molecular complexity index is 1460. The van der Waals surface area contributed by atoms with Crippen molar-refractivity contribution in [2.75, 3.05) is 25.1 Å². The molecule has 3 aromatic rings. The highest BCUT2D eigenvalue weighted by atomic mass is 127. The van der Waals surface area contributed by atoms with E-state index in [2.05, 4.69) is 38.4 Å². The van der Waals surface area contributed by atoms with Crippen molar-refractivity contribution in [3.8, 4) is 0 Å². The largest absolute Gasteiger partial charge is 0.395 e. The number of rotatable bonds is 12. The Balaban J connectivity index is 1.77. The zero-order valence-corrected chi connectivity index (χ0v) is 23.9. The summed E-state index contributed by atoms with van der Waals surface area (Å²) in [6.45, 7) is 0.770. The average molecular weight is 672 g/mol. The molecule has 2 aromatic carbocycles. The number of aliphatic hydroxyl groups is 1. The zero-order valence-electron chi connectivity index (χ0n) is 21.0. The van der Waals surface area contributed by atoms with Crippen molar-refractivity contribution >= 4 is 49.9 Å². The Labute approximate surface area is 238 Å². The van der Waals surface area contributed by atoms with E-state index in [0.29, 0.717) is 22.7 Å². The van der Waals surface area contributed by atoms with Gasteiger partial charge in [0.25, 0.3) is 5.91 Å². The number of carbonyl (C=O) groups is 1. The average Bonchev–Trinajstić information content (AvgIpc) is 3.73. The van der Waals surface area contributed by atoms with Crippen molar-refractivity contribution < 1.29 is 31.9 Å². The van der Waals surface area contributed by atoms with E-state index in [1.165, 1.54) is 12.4 Å². The molecule has 13 heteroatoms. The van der Waals surface area contributed by atoms with E-state index in [1.54, 1.807) is 37.3 Å². The Morgan fingerprint density at radius 2 is 2.00 bits per heavy atom. The Kier molecular flexibility index (Phi) is 9.48. The van der Waals surface area contributed by atoms with Crippen molar-refractivity contribution in [1.29, 1.82) is 0 Å². The fourth-order valence-electron chi connectivity index (χ4n) is 3.79. The molecule has 0 atom stereocenters. The molecule has 3 N–H and O–H groups in total. The highest BCUT2D eigenvalue weighted by Gasteiger charge is 2.33. The predicted octanol–water partition coefficient (Wildman–Crippen LogP) is 4.27. The lowest BCUT2D eigenvalue weighted by Crippen LogP contribution is -2.34. The summed E-state index contributed by atoms with van der Waals surface area (Å²) in [5.41, 5.74) is 2.77. The summed E-state index contributed by atoms with van der Waals surface area (Å²) in [6.07, 6.45) is 4.84. The van der Waals surface area contributed by atoms with Gasteiger partial charge in [-0.2, -0.15) is 4.31 Å². The van der Waals surface area contributed by atoms with E-state index in [-0.39, 0.29) is 13.2 Å². The van der Waals surface area contributed by atoms with Gasteiger partial charge in [-0.25, -0.2) is 22.7 Å². The number of aliphatic hydroxyl groups excluding tert-OH is 1. The minimum absolute atomic E-state index is 0.245. The fraction of sp³-hybridized carbons (Fsp3) is 0.308. The maximum atomic E-state index is 15.6. The van der Waals surface area contributed by atoms with E-state index >= 15 is 8.78 Å². The third-order valence-corrected chi connectivity index (χ3v) is 8.61. The summed E-state index contributed by atoms with van der Waals surface area (Å²) in [5.74, 6) is -3.85.